The van der Waals surface area contributed by atoms with E-state index in [-0.39, 0.29) is 4.32 Å². The summed E-state index contributed by atoms with van der Waals surface area (Å²) in [5.74, 6) is -0.493. The van der Waals surface area contributed by atoms with Crippen molar-refractivity contribution in [1.82, 2.24) is 14.7 Å². The summed E-state index contributed by atoms with van der Waals surface area (Å²) in [6.45, 7) is 3.32. The number of amides is 1. The molecule has 0 aliphatic carbocycles. The molecule has 2 aromatic carbocycles. The first-order chi connectivity index (χ1) is 15.3. The van der Waals surface area contributed by atoms with E-state index >= 15 is 0 Å². The van der Waals surface area contributed by atoms with Crippen molar-refractivity contribution in [2.45, 2.75) is 13.8 Å². The minimum atomic E-state index is -1.13. The maximum Gasteiger partial charge on any atom is 0.323 e. The lowest BCUT2D eigenvalue weighted by Gasteiger charge is -2.11. The quantitative estimate of drug-likeness (QED) is 0.422. The van der Waals surface area contributed by atoms with Gasteiger partial charge in [-0.05, 0) is 49.8 Å². The van der Waals surface area contributed by atoms with E-state index in [1.807, 2.05) is 68.4 Å². The van der Waals surface area contributed by atoms with Crippen molar-refractivity contribution in [2.24, 2.45) is 0 Å². The Morgan fingerprint density at radius 1 is 1.19 bits per heavy atom. The number of aryl methyl sites for hydroxylation is 2. The molecule has 1 aliphatic heterocycles. The largest absolute Gasteiger partial charge is 0.480 e. The first-order valence-corrected chi connectivity index (χ1v) is 10.9. The molecular weight excluding hydrogens is 446 g/mol. The normalized spacial score (nSPS) is 14.9. The van der Waals surface area contributed by atoms with Gasteiger partial charge >= 0.3 is 5.97 Å². The Labute approximate surface area is 194 Å². The average Bonchev–Trinajstić information content (AvgIpc) is 3.20. The molecule has 7 nitrogen and oxygen atoms in total. The van der Waals surface area contributed by atoms with Crippen molar-refractivity contribution < 1.29 is 19.4 Å². The Kier molecular flexibility index (Phi) is 6.11. The molecule has 1 saturated heterocycles. The van der Waals surface area contributed by atoms with Gasteiger partial charge in [0.05, 0.1) is 21.8 Å². The molecule has 1 aromatic heterocycles. The average molecular weight is 466 g/mol. The number of hydrogen-bond acceptors (Lipinski definition) is 6. The molecule has 0 spiro atoms. The molecule has 3 aromatic rings. The molecule has 32 heavy (non-hydrogen) atoms. The van der Waals surface area contributed by atoms with Crippen LogP contribution in [0.2, 0.25) is 0 Å². The van der Waals surface area contributed by atoms with E-state index in [0.717, 1.165) is 27.9 Å². The SMILES string of the molecule is Cc1cccc(Oc2c(/C=C3\SC(=S)N(CC(=O)O)C3=O)c(C)nn2-c2ccccc2)c1. The van der Waals surface area contributed by atoms with E-state index in [2.05, 4.69) is 5.10 Å². The molecule has 0 saturated carbocycles. The number of rotatable bonds is 6. The van der Waals surface area contributed by atoms with Crippen LogP contribution in [-0.2, 0) is 9.59 Å². The Balaban J connectivity index is 1.81. The van der Waals surface area contributed by atoms with Gasteiger partial charge in [-0.1, -0.05) is 54.3 Å². The third kappa shape index (κ3) is 4.44. The topological polar surface area (TPSA) is 84.7 Å². The summed E-state index contributed by atoms with van der Waals surface area (Å²) < 4.78 is 8.14. The summed E-state index contributed by atoms with van der Waals surface area (Å²) in [6, 6.07) is 17.2. The number of carbonyl (C=O) groups excluding carboxylic acids is 1. The van der Waals surface area contributed by atoms with Gasteiger partial charge < -0.3 is 9.84 Å². The van der Waals surface area contributed by atoms with E-state index in [9.17, 15) is 9.59 Å². The lowest BCUT2D eigenvalue weighted by molar-refractivity contribution is -0.140. The molecule has 0 atom stereocenters. The van der Waals surface area contributed by atoms with Gasteiger partial charge in [-0.2, -0.15) is 9.78 Å². The Hall–Kier alpha value is -3.43. The van der Waals surface area contributed by atoms with Crippen molar-refractivity contribution >= 4 is 46.3 Å². The van der Waals surface area contributed by atoms with Crippen LogP contribution in [0.15, 0.2) is 59.5 Å². The zero-order valence-electron chi connectivity index (χ0n) is 17.3. The van der Waals surface area contributed by atoms with Crippen molar-refractivity contribution in [2.75, 3.05) is 6.54 Å². The smallest absolute Gasteiger partial charge is 0.323 e. The van der Waals surface area contributed by atoms with Gasteiger partial charge in [0.2, 0.25) is 5.88 Å². The molecular formula is C23H19N3O4S2. The maximum absolute atomic E-state index is 12.8. The van der Waals surface area contributed by atoms with Crippen molar-refractivity contribution in [3.63, 3.8) is 0 Å². The fourth-order valence-electron chi connectivity index (χ4n) is 3.22. The lowest BCUT2D eigenvalue weighted by Crippen LogP contribution is -2.33. The zero-order valence-corrected chi connectivity index (χ0v) is 18.9. The first kappa shape index (κ1) is 21.8. The van der Waals surface area contributed by atoms with Crippen LogP contribution in [0, 0.1) is 13.8 Å². The number of ether oxygens (including phenoxy) is 1. The molecule has 9 heteroatoms. The number of thioether (sulfide) groups is 1. The number of nitrogens with zero attached hydrogens (tertiary/aromatic N) is 3. The van der Waals surface area contributed by atoms with Crippen molar-refractivity contribution in [3.05, 3.63) is 76.3 Å². The Morgan fingerprint density at radius 3 is 2.62 bits per heavy atom. The molecule has 0 unspecified atom stereocenters. The molecule has 0 bridgehead atoms. The fraction of sp³-hybridized carbons (Fsp3) is 0.130. The number of benzene rings is 2. The van der Waals surface area contributed by atoms with Crippen LogP contribution < -0.4 is 4.74 Å². The van der Waals surface area contributed by atoms with Gasteiger partial charge in [-0.25, -0.2) is 0 Å². The maximum atomic E-state index is 12.8. The Morgan fingerprint density at radius 2 is 1.94 bits per heavy atom. The molecule has 0 radical (unpaired) electrons. The predicted octanol–water partition coefficient (Wildman–Crippen LogP) is 4.57. The molecule has 1 N–H and O–H groups in total. The molecule has 1 amide bonds. The summed E-state index contributed by atoms with van der Waals surface area (Å²) in [7, 11) is 0. The van der Waals surface area contributed by atoms with Crippen molar-refractivity contribution in [1.29, 1.82) is 0 Å². The third-order valence-electron chi connectivity index (χ3n) is 4.71. The van der Waals surface area contributed by atoms with Crippen LogP contribution in [0.25, 0.3) is 11.8 Å². The molecule has 1 fully saturated rings. The van der Waals surface area contributed by atoms with Crippen LogP contribution >= 0.6 is 24.0 Å². The van der Waals surface area contributed by atoms with Crippen LogP contribution in [0.3, 0.4) is 0 Å². The standard InChI is InChI=1S/C23H19N3O4S2/c1-14-7-6-10-17(11-14)30-22-18(15(2)24-26(22)16-8-4-3-5-9-16)12-19-21(29)25(13-20(27)28)23(31)32-19/h3-12H,13H2,1-2H3,(H,27,28)/b19-12-. The highest BCUT2D eigenvalue weighted by molar-refractivity contribution is 8.26. The van der Waals surface area contributed by atoms with Crippen LogP contribution in [0.1, 0.15) is 16.8 Å². The van der Waals surface area contributed by atoms with Gasteiger partial charge in [0, 0.05) is 0 Å². The van der Waals surface area contributed by atoms with Crippen molar-refractivity contribution in [3.8, 4) is 17.3 Å². The van der Waals surface area contributed by atoms with E-state index in [1.165, 1.54) is 0 Å². The summed E-state index contributed by atoms with van der Waals surface area (Å²) in [4.78, 5) is 25.3. The van der Waals surface area contributed by atoms with Crippen LogP contribution in [0.5, 0.6) is 11.6 Å². The van der Waals surface area contributed by atoms with E-state index in [1.54, 1.807) is 10.8 Å². The second-order valence-electron chi connectivity index (χ2n) is 7.13. The number of carboxylic acid groups (broad SMARTS) is 1. The number of para-hydroxylation sites is 1. The second-order valence-corrected chi connectivity index (χ2v) is 8.81. The van der Waals surface area contributed by atoms with E-state index in [4.69, 9.17) is 22.1 Å². The highest BCUT2D eigenvalue weighted by atomic mass is 32.2. The number of carbonyl (C=O) groups is 2. The zero-order chi connectivity index (χ0) is 22.8. The van der Waals surface area contributed by atoms with Gasteiger partial charge in [0.15, 0.2) is 0 Å². The van der Waals surface area contributed by atoms with E-state index < -0.39 is 18.4 Å². The third-order valence-corrected chi connectivity index (χ3v) is 6.09. The number of aliphatic carboxylic acids is 1. The monoisotopic (exact) mass is 465 g/mol. The minimum Gasteiger partial charge on any atom is -0.480 e. The summed E-state index contributed by atoms with van der Waals surface area (Å²) in [5, 5.41) is 13.7. The summed E-state index contributed by atoms with van der Waals surface area (Å²) in [5.41, 5.74) is 3.11. The molecule has 4 rings (SSSR count). The summed E-state index contributed by atoms with van der Waals surface area (Å²) in [6.07, 6.45) is 1.66. The Bertz CT molecular complexity index is 1250. The van der Waals surface area contributed by atoms with Gasteiger partial charge in [0.25, 0.3) is 5.91 Å². The molecule has 162 valence electrons. The van der Waals surface area contributed by atoms with Crippen LogP contribution in [-0.4, -0.2) is 42.5 Å². The molecule has 2 heterocycles. The van der Waals surface area contributed by atoms with Gasteiger partial charge in [-0.15, -0.1) is 0 Å². The number of hydrogen-bond donors (Lipinski definition) is 1. The number of aromatic nitrogens is 2. The lowest BCUT2D eigenvalue weighted by atomic mass is 10.2. The highest BCUT2D eigenvalue weighted by Gasteiger charge is 2.34. The number of carboxylic acids is 1. The molecule has 1 aliphatic rings. The second kappa shape index (κ2) is 8.97. The van der Waals surface area contributed by atoms with Gasteiger partial charge in [0.1, 0.15) is 16.6 Å². The highest BCUT2D eigenvalue weighted by Crippen LogP contribution is 2.37. The minimum absolute atomic E-state index is 0.206. The first-order valence-electron chi connectivity index (χ1n) is 9.70. The van der Waals surface area contributed by atoms with Gasteiger partial charge in [-0.3, -0.25) is 14.5 Å². The summed E-state index contributed by atoms with van der Waals surface area (Å²) >= 11 is 6.27. The predicted molar refractivity (Wildman–Crippen MR) is 127 cm³/mol. The fourth-order valence-corrected chi connectivity index (χ4v) is 4.46. The number of thiocarbonyl (C=S) groups is 1. The van der Waals surface area contributed by atoms with E-state index in [0.29, 0.717) is 27.8 Å². The van der Waals surface area contributed by atoms with Crippen LogP contribution in [0.4, 0.5) is 0 Å².